The van der Waals surface area contributed by atoms with Gasteiger partial charge in [-0.05, 0) is 25.1 Å². The Labute approximate surface area is 158 Å². The average molecular weight is 447 g/mol. The van der Waals surface area contributed by atoms with Crippen molar-refractivity contribution in [3.8, 4) is 6.07 Å². The fourth-order valence-corrected chi connectivity index (χ4v) is 2.32. The number of guanidine groups is 1. The quantitative estimate of drug-likeness (QED) is 0.299. The zero-order valence-corrected chi connectivity index (χ0v) is 15.8. The van der Waals surface area contributed by atoms with Crippen LogP contribution in [0.25, 0.3) is 0 Å². The predicted molar refractivity (Wildman–Crippen MR) is 102 cm³/mol. The van der Waals surface area contributed by atoms with Gasteiger partial charge in [-0.25, -0.2) is 9.38 Å². The number of halogens is 2. The minimum absolute atomic E-state index is 0. The maximum absolute atomic E-state index is 13.7. The van der Waals surface area contributed by atoms with Gasteiger partial charge < -0.3 is 15.8 Å². The fraction of sp³-hybridized carbons (Fsp3) is 0.500. The Bertz CT molecular complexity index is 584. The summed E-state index contributed by atoms with van der Waals surface area (Å²) < 4.78 is 19.0. The van der Waals surface area contributed by atoms with E-state index in [4.69, 9.17) is 15.7 Å². The van der Waals surface area contributed by atoms with Gasteiger partial charge in [-0.3, -0.25) is 4.90 Å². The molecule has 2 rings (SSSR count). The minimum atomic E-state index is -0.437. The molecule has 1 aromatic rings. The number of benzene rings is 1. The molecule has 0 amide bonds. The maximum atomic E-state index is 13.7. The highest BCUT2D eigenvalue weighted by Crippen LogP contribution is 2.10. The molecule has 0 bridgehead atoms. The third-order valence-electron chi connectivity index (χ3n) is 3.66. The van der Waals surface area contributed by atoms with E-state index in [1.165, 1.54) is 6.07 Å². The second-order valence-electron chi connectivity index (χ2n) is 5.35. The van der Waals surface area contributed by atoms with E-state index < -0.39 is 5.82 Å². The smallest absolute Gasteiger partial charge is 0.188 e. The second-order valence-corrected chi connectivity index (χ2v) is 5.35. The first-order valence-corrected chi connectivity index (χ1v) is 7.71. The lowest BCUT2D eigenvalue weighted by Crippen LogP contribution is -2.39. The van der Waals surface area contributed by atoms with Crippen LogP contribution in [0.1, 0.15) is 17.5 Å². The molecule has 0 aromatic heterocycles. The Morgan fingerprint density at radius 1 is 1.42 bits per heavy atom. The van der Waals surface area contributed by atoms with Crippen molar-refractivity contribution in [1.29, 1.82) is 5.26 Å². The van der Waals surface area contributed by atoms with Crippen LogP contribution in [0, 0.1) is 17.1 Å². The number of nitriles is 1. The highest BCUT2D eigenvalue weighted by atomic mass is 127. The minimum Gasteiger partial charge on any atom is -0.379 e. The molecule has 24 heavy (non-hydrogen) atoms. The first-order valence-electron chi connectivity index (χ1n) is 7.71. The maximum Gasteiger partial charge on any atom is 0.188 e. The van der Waals surface area contributed by atoms with Gasteiger partial charge in [0.15, 0.2) is 5.96 Å². The molecular weight excluding hydrogens is 424 g/mol. The number of ether oxygens (including phenoxy) is 1. The standard InChI is InChI=1S/C16H22FN5O.HI/c17-15-10-13(11-18)2-3-14(15)12-21-16(19)20-4-1-5-22-6-8-23-9-7-22;/h2-3,10H,1,4-9,12H2,(H3,19,20,21);1H. The van der Waals surface area contributed by atoms with Crippen LogP contribution in [0.3, 0.4) is 0 Å². The van der Waals surface area contributed by atoms with Gasteiger partial charge in [0.25, 0.3) is 0 Å². The van der Waals surface area contributed by atoms with Crippen molar-refractivity contribution in [1.82, 2.24) is 10.2 Å². The number of hydrogen-bond acceptors (Lipinski definition) is 4. The lowest BCUT2D eigenvalue weighted by molar-refractivity contribution is 0.0376. The van der Waals surface area contributed by atoms with E-state index in [-0.39, 0.29) is 30.5 Å². The molecule has 1 aromatic carbocycles. The molecule has 6 nitrogen and oxygen atoms in total. The fourth-order valence-electron chi connectivity index (χ4n) is 2.32. The molecule has 0 spiro atoms. The molecular formula is C16H23FIN5O. The first kappa shape index (κ1) is 20.6. The van der Waals surface area contributed by atoms with Gasteiger partial charge in [-0.15, -0.1) is 24.0 Å². The van der Waals surface area contributed by atoms with Gasteiger partial charge in [-0.1, -0.05) is 6.07 Å². The Morgan fingerprint density at radius 3 is 2.83 bits per heavy atom. The Morgan fingerprint density at radius 2 is 2.17 bits per heavy atom. The van der Waals surface area contributed by atoms with Crippen LogP contribution in [-0.2, 0) is 11.3 Å². The first-order chi connectivity index (χ1) is 11.2. The van der Waals surface area contributed by atoms with Gasteiger partial charge in [0, 0.05) is 25.2 Å². The van der Waals surface area contributed by atoms with Gasteiger partial charge in [0.05, 0.1) is 31.4 Å². The topological polar surface area (TPSA) is 86.7 Å². The molecule has 1 fully saturated rings. The van der Waals surface area contributed by atoms with E-state index in [0.717, 1.165) is 45.8 Å². The Balaban J connectivity index is 0.00000288. The summed E-state index contributed by atoms with van der Waals surface area (Å²) in [5, 5.41) is 11.7. The van der Waals surface area contributed by atoms with Crippen LogP contribution in [0.4, 0.5) is 4.39 Å². The molecule has 1 saturated heterocycles. The van der Waals surface area contributed by atoms with E-state index in [1.807, 2.05) is 6.07 Å². The van der Waals surface area contributed by atoms with Crippen LogP contribution in [-0.4, -0.2) is 50.3 Å². The number of nitrogens with two attached hydrogens (primary N) is 1. The SMILES string of the molecule is I.N#Cc1ccc(CN=C(N)NCCCN2CCOCC2)c(F)c1. The van der Waals surface area contributed by atoms with E-state index >= 15 is 0 Å². The van der Waals surface area contributed by atoms with Crippen molar-refractivity contribution in [3.63, 3.8) is 0 Å². The van der Waals surface area contributed by atoms with Crippen molar-refractivity contribution in [3.05, 3.63) is 35.1 Å². The monoisotopic (exact) mass is 447 g/mol. The zero-order chi connectivity index (χ0) is 16.5. The summed E-state index contributed by atoms with van der Waals surface area (Å²) in [5.41, 5.74) is 6.49. The Kier molecular flexibility index (Phi) is 9.59. The number of nitrogens with zero attached hydrogens (tertiary/aromatic N) is 3. The normalized spacial score (nSPS) is 15.4. The lowest BCUT2D eigenvalue weighted by Gasteiger charge is -2.26. The van der Waals surface area contributed by atoms with Gasteiger partial charge >= 0.3 is 0 Å². The van der Waals surface area contributed by atoms with Crippen LogP contribution in [0.15, 0.2) is 23.2 Å². The predicted octanol–water partition coefficient (Wildman–Crippen LogP) is 1.44. The number of aliphatic imine (C=N–C) groups is 1. The lowest BCUT2D eigenvalue weighted by atomic mass is 10.1. The van der Waals surface area contributed by atoms with Gasteiger partial charge in [-0.2, -0.15) is 5.26 Å². The summed E-state index contributed by atoms with van der Waals surface area (Å²) >= 11 is 0. The van der Waals surface area contributed by atoms with E-state index in [2.05, 4.69) is 15.2 Å². The number of rotatable bonds is 6. The van der Waals surface area contributed by atoms with Crippen LogP contribution in [0.5, 0.6) is 0 Å². The van der Waals surface area contributed by atoms with Crippen molar-refractivity contribution < 1.29 is 9.13 Å². The highest BCUT2D eigenvalue weighted by molar-refractivity contribution is 14.0. The van der Waals surface area contributed by atoms with Crippen molar-refractivity contribution in [2.45, 2.75) is 13.0 Å². The molecule has 8 heteroatoms. The van der Waals surface area contributed by atoms with Crippen molar-refractivity contribution in [2.24, 2.45) is 10.7 Å². The molecule has 0 radical (unpaired) electrons. The molecule has 1 aliphatic heterocycles. The summed E-state index contributed by atoms with van der Waals surface area (Å²) in [7, 11) is 0. The van der Waals surface area contributed by atoms with Gasteiger partial charge in [0.1, 0.15) is 5.82 Å². The second kappa shape index (κ2) is 11.2. The number of nitrogens with one attached hydrogen (secondary N) is 1. The van der Waals surface area contributed by atoms with Crippen molar-refractivity contribution >= 4 is 29.9 Å². The molecule has 0 saturated carbocycles. The summed E-state index contributed by atoms with van der Waals surface area (Å²) in [6.07, 6.45) is 0.960. The molecule has 0 atom stereocenters. The summed E-state index contributed by atoms with van der Waals surface area (Å²) in [5.74, 6) is -0.136. The number of morpholine rings is 1. The third-order valence-corrected chi connectivity index (χ3v) is 3.66. The summed E-state index contributed by atoms with van der Waals surface area (Å²) in [6.45, 7) is 5.42. The van der Waals surface area contributed by atoms with Crippen LogP contribution < -0.4 is 11.1 Å². The zero-order valence-electron chi connectivity index (χ0n) is 13.5. The van der Waals surface area contributed by atoms with Crippen LogP contribution in [0.2, 0.25) is 0 Å². The van der Waals surface area contributed by atoms with Crippen molar-refractivity contribution in [2.75, 3.05) is 39.4 Å². The molecule has 0 aliphatic carbocycles. The third kappa shape index (κ3) is 6.98. The molecule has 1 heterocycles. The van der Waals surface area contributed by atoms with E-state index in [9.17, 15) is 4.39 Å². The molecule has 132 valence electrons. The summed E-state index contributed by atoms with van der Waals surface area (Å²) in [4.78, 5) is 6.47. The molecule has 1 aliphatic rings. The molecule has 0 unspecified atom stereocenters. The highest BCUT2D eigenvalue weighted by Gasteiger charge is 2.09. The van der Waals surface area contributed by atoms with Gasteiger partial charge in [0.2, 0.25) is 0 Å². The van der Waals surface area contributed by atoms with E-state index in [1.54, 1.807) is 12.1 Å². The largest absolute Gasteiger partial charge is 0.379 e. The number of hydrogen-bond donors (Lipinski definition) is 2. The summed E-state index contributed by atoms with van der Waals surface area (Å²) in [6, 6.07) is 6.23. The van der Waals surface area contributed by atoms with Crippen LogP contribution >= 0.6 is 24.0 Å². The van der Waals surface area contributed by atoms with E-state index in [0.29, 0.717) is 17.1 Å². The average Bonchev–Trinajstić information content (AvgIpc) is 2.58. The Hall–Kier alpha value is -1.44. The molecule has 3 N–H and O–H groups in total.